The molecule has 1 saturated heterocycles. The van der Waals surface area contributed by atoms with Gasteiger partial charge in [-0.05, 0) is 38.0 Å². The Kier molecular flexibility index (Phi) is 3.60. The number of aryl methyl sites for hydroxylation is 1. The number of benzene rings is 1. The lowest BCUT2D eigenvalue weighted by atomic mass is 10.0. The normalized spacial score (nSPS) is 18.0. The largest absolute Gasteiger partial charge is 0.507 e. The minimum atomic E-state index is -0.533. The fraction of sp³-hybridized carbons (Fsp3) is 0.375. The Balaban J connectivity index is 1.94. The number of carbonyl (C=O) groups excluding carboxylic acids is 1. The smallest absolute Gasteiger partial charge is 0.258 e. The number of hydrogen-bond donors (Lipinski definition) is 1. The van der Waals surface area contributed by atoms with Crippen molar-refractivity contribution >= 4 is 5.91 Å². The second-order valence-electron chi connectivity index (χ2n) is 5.63. The summed E-state index contributed by atoms with van der Waals surface area (Å²) in [7, 11) is 1.86. The number of phenols is 1. The number of likely N-dealkylation sites (tertiary alicyclic amines) is 1. The zero-order chi connectivity index (χ0) is 15.9. The molecule has 6 heteroatoms. The van der Waals surface area contributed by atoms with Gasteiger partial charge in [-0.1, -0.05) is 0 Å². The maximum atomic E-state index is 13.4. The van der Waals surface area contributed by atoms with Crippen molar-refractivity contribution in [2.45, 2.75) is 25.8 Å². The van der Waals surface area contributed by atoms with Gasteiger partial charge in [0.1, 0.15) is 11.6 Å². The molecule has 1 amide bonds. The fourth-order valence-corrected chi connectivity index (χ4v) is 3.01. The molecule has 22 heavy (non-hydrogen) atoms. The molecule has 2 heterocycles. The Morgan fingerprint density at radius 3 is 2.91 bits per heavy atom. The molecule has 1 aliphatic rings. The summed E-state index contributed by atoms with van der Waals surface area (Å²) >= 11 is 0. The number of amides is 1. The summed E-state index contributed by atoms with van der Waals surface area (Å²) in [5, 5.41) is 14.1. The average Bonchev–Trinajstić information content (AvgIpc) is 3.09. The summed E-state index contributed by atoms with van der Waals surface area (Å²) < 4.78 is 15.2. The molecular formula is C16H18FN3O2. The van der Waals surface area contributed by atoms with E-state index in [2.05, 4.69) is 5.10 Å². The first-order valence-corrected chi connectivity index (χ1v) is 7.27. The van der Waals surface area contributed by atoms with Crippen molar-refractivity contribution in [2.75, 3.05) is 6.54 Å². The highest BCUT2D eigenvalue weighted by atomic mass is 19.1. The van der Waals surface area contributed by atoms with E-state index in [1.54, 1.807) is 15.8 Å². The first-order valence-electron chi connectivity index (χ1n) is 7.27. The first kappa shape index (κ1) is 14.6. The maximum absolute atomic E-state index is 13.4. The highest BCUT2D eigenvalue weighted by Crippen LogP contribution is 2.35. The predicted molar refractivity (Wildman–Crippen MR) is 79.0 cm³/mol. The van der Waals surface area contributed by atoms with Gasteiger partial charge in [0.05, 0.1) is 17.8 Å². The zero-order valence-electron chi connectivity index (χ0n) is 12.6. The van der Waals surface area contributed by atoms with E-state index in [1.165, 1.54) is 6.07 Å². The van der Waals surface area contributed by atoms with Gasteiger partial charge in [0, 0.05) is 24.8 Å². The molecule has 1 aliphatic heterocycles. The third-order valence-corrected chi connectivity index (χ3v) is 4.33. The molecule has 1 unspecified atom stereocenters. The van der Waals surface area contributed by atoms with Gasteiger partial charge in [-0.3, -0.25) is 9.48 Å². The van der Waals surface area contributed by atoms with Crippen molar-refractivity contribution in [1.82, 2.24) is 14.7 Å². The lowest BCUT2D eigenvalue weighted by Gasteiger charge is -2.25. The second-order valence-corrected chi connectivity index (χ2v) is 5.63. The summed E-state index contributed by atoms with van der Waals surface area (Å²) in [6.45, 7) is 2.55. The van der Waals surface area contributed by atoms with Crippen LogP contribution < -0.4 is 0 Å². The van der Waals surface area contributed by atoms with Crippen molar-refractivity contribution in [3.05, 3.63) is 47.0 Å². The highest BCUT2D eigenvalue weighted by molar-refractivity contribution is 5.97. The van der Waals surface area contributed by atoms with E-state index >= 15 is 0 Å². The number of halogens is 1. The summed E-state index contributed by atoms with van der Waals surface area (Å²) in [6, 6.07) is 3.36. The van der Waals surface area contributed by atoms with Gasteiger partial charge in [-0.2, -0.15) is 5.10 Å². The van der Waals surface area contributed by atoms with E-state index in [-0.39, 0.29) is 23.3 Å². The minimum absolute atomic E-state index is 0.00782. The van der Waals surface area contributed by atoms with E-state index in [0.717, 1.165) is 36.2 Å². The van der Waals surface area contributed by atoms with Gasteiger partial charge >= 0.3 is 0 Å². The van der Waals surface area contributed by atoms with Crippen LogP contribution in [0.2, 0.25) is 0 Å². The van der Waals surface area contributed by atoms with Gasteiger partial charge in [0.25, 0.3) is 5.91 Å². The number of nitrogens with zero attached hydrogens (tertiary/aromatic N) is 3. The highest BCUT2D eigenvalue weighted by Gasteiger charge is 2.33. The van der Waals surface area contributed by atoms with Crippen molar-refractivity contribution in [1.29, 1.82) is 0 Å². The SMILES string of the molecule is Cc1c(C2CCCN2C(=O)c2cc(F)ccc2O)cnn1C. The molecule has 0 bridgehead atoms. The summed E-state index contributed by atoms with van der Waals surface area (Å²) in [5.74, 6) is -1.07. The van der Waals surface area contributed by atoms with Crippen molar-refractivity contribution in [2.24, 2.45) is 7.05 Å². The second kappa shape index (κ2) is 5.44. The van der Waals surface area contributed by atoms with E-state index in [4.69, 9.17) is 0 Å². The molecule has 0 saturated carbocycles. The number of aromatic hydroxyl groups is 1. The van der Waals surface area contributed by atoms with E-state index in [9.17, 15) is 14.3 Å². The standard InChI is InChI=1S/C16H18FN3O2/c1-10-13(9-18-19(10)2)14-4-3-7-20(14)16(22)12-8-11(17)5-6-15(12)21/h5-6,8-9,14,21H,3-4,7H2,1-2H3. The average molecular weight is 303 g/mol. The van der Waals surface area contributed by atoms with Crippen LogP contribution in [0, 0.1) is 12.7 Å². The maximum Gasteiger partial charge on any atom is 0.258 e. The lowest BCUT2D eigenvalue weighted by molar-refractivity contribution is 0.0731. The molecule has 1 aromatic heterocycles. The van der Waals surface area contributed by atoms with Crippen molar-refractivity contribution < 1.29 is 14.3 Å². The van der Waals surface area contributed by atoms with E-state index in [0.29, 0.717) is 6.54 Å². The molecule has 116 valence electrons. The van der Waals surface area contributed by atoms with Gasteiger partial charge < -0.3 is 10.0 Å². The van der Waals surface area contributed by atoms with Crippen LogP contribution in [0.4, 0.5) is 4.39 Å². The molecule has 1 atom stereocenters. The molecule has 2 aromatic rings. The number of phenolic OH excluding ortho intramolecular Hbond substituents is 1. The minimum Gasteiger partial charge on any atom is -0.507 e. The lowest BCUT2D eigenvalue weighted by Crippen LogP contribution is -2.31. The molecule has 1 N–H and O–H groups in total. The van der Waals surface area contributed by atoms with Crippen LogP contribution in [0.5, 0.6) is 5.75 Å². The molecule has 0 aliphatic carbocycles. The first-order chi connectivity index (χ1) is 10.5. The molecule has 5 nitrogen and oxygen atoms in total. The zero-order valence-corrected chi connectivity index (χ0v) is 12.6. The van der Waals surface area contributed by atoms with E-state index in [1.807, 2.05) is 14.0 Å². The van der Waals surface area contributed by atoms with Crippen LogP contribution in [0.3, 0.4) is 0 Å². The van der Waals surface area contributed by atoms with Gasteiger partial charge in [-0.15, -0.1) is 0 Å². The monoisotopic (exact) mass is 303 g/mol. The Labute approximate surface area is 128 Å². The van der Waals surface area contributed by atoms with E-state index < -0.39 is 5.82 Å². The predicted octanol–water partition coefficient (Wildman–Crippen LogP) is 2.55. The van der Waals surface area contributed by atoms with Crippen LogP contribution in [0.25, 0.3) is 0 Å². The number of rotatable bonds is 2. The molecule has 1 aromatic carbocycles. The molecule has 1 fully saturated rings. The molecular weight excluding hydrogens is 285 g/mol. The number of aromatic nitrogens is 2. The molecule has 0 radical (unpaired) electrons. The Morgan fingerprint density at radius 1 is 1.45 bits per heavy atom. The van der Waals surface area contributed by atoms with Crippen LogP contribution in [-0.4, -0.2) is 32.2 Å². The summed E-state index contributed by atoms with van der Waals surface area (Å²) in [4.78, 5) is 14.4. The third kappa shape index (κ3) is 2.34. The van der Waals surface area contributed by atoms with Crippen LogP contribution in [0.1, 0.15) is 40.5 Å². The fourth-order valence-electron chi connectivity index (χ4n) is 3.01. The van der Waals surface area contributed by atoms with Crippen molar-refractivity contribution in [3.63, 3.8) is 0 Å². The molecule has 0 spiro atoms. The topological polar surface area (TPSA) is 58.4 Å². The van der Waals surface area contributed by atoms with Crippen LogP contribution in [-0.2, 0) is 7.05 Å². The number of carbonyl (C=O) groups is 1. The Morgan fingerprint density at radius 2 is 2.23 bits per heavy atom. The van der Waals surface area contributed by atoms with Gasteiger partial charge in [0.2, 0.25) is 0 Å². The third-order valence-electron chi connectivity index (χ3n) is 4.33. The summed E-state index contributed by atoms with van der Waals surface area (Å²) in [5.41, 5.74) is 2.02. The van der Waals surface area contributed by atoms with Crippen LogP contribution >= 0.6 is 0 Å². The Hall–Kier alpha value is -2.37. The number of hydrogen-bond acceptors (Lipinski definition) is 3. The Bertz CT molecular complexity index is 726. The van der Waals surface area contributed by atoms with Gasteiger partial charge in [0.15, 0.2) is 0 Å². The van der Waals surface area contributed by atoms with Crippen molar-refractivity contribution in [3.8, 4) is 5.75 Å². The van der Waals surface area contributed by atoms with Crippen LogP contribution in [0.15, 0.2) is 24.4 Å². The van der Waals surface area contributed by atoms with Gasteiger partial charge in [-0.25, -0.2) is 4.39 Å². The quantitative estimate of drug-likeness (QED) is 0.927. The summed E-state index contributed by atoms with van der Waals surface area (Å²) in [6.07, 6.45) is 3.49. The molecule has 3 rings (SSSR count).